The largest absolute Gasteiger partial charge is 0.497 e. The van der Waals surface area contributed by atoms with Gasteiger partial charge in [-0.25, -0.2) is 4.98 Å². The van der Waals surface area contributed by atoms with Gasteiger partial charge >= 0.3 is 0 Å². The molecule has 0 aliphatic carbocycles. The number of amides is 1. The normalized spacial score (nSPS) is 15.1. The number of hydrogen-bond acceptors (Lipinski definition) is 5. The zero-order valence-corrected chi connectivity index (χ0v) is 12.7. The van der Waals surface area contributed by atoms with Crippen molar-refractivity contribution < 1.29 is 9.53 Å². The second kappa shape index (κ2) is 6.13. The van der Waals surface area contributed by atoms with E-state index in [0.717, 1.165) is 37.6 Å². The zero-order valence-electron chi connectivity index (χ0n) is 11.9. The van der Waals surface area contributed by atoms with Crippen LogP contribution in [0.1, 0.15) is 10.5 Å². The van der Waals surface area contributed by atoms with Crippen LogP contribution >= 0.6 is 11.3 Å². The van der Waals surface area contributed by atoms with Gasteiger partial charge in [0.2, 0.25) is 0 Å². The van der Waals surface area contributed by atoms with Gasteiger partial charge in [0.25, 0.3) is 5.91 Å². The van der Waals surface area contributed by atoms with E-state index in [2.05, 4.69) is 22.0 Å². The lowest BCUT2D eigenvalue weighted by molar-refractivity contribution is 0.0741. The van der Waals surface area contributed by atoms with Gasteiger partial charge in [-0.2, -0.15) is 0 Å². The minimum Gasteiger partial charge on any atom is -0.497 e. The highest BCUT2D eigenvalue weighted by molar-refractivity contribution is 7.07. The lowest BCUT2D eigenvalue weighted by atomic mass is 10.2. The van der Waals surface area contributed by atoms with Crippen molar-refractivity contribution in [1.29, 1.82) is 0 Å². The molecule has 21 heavy (non-hydrogen) atoms. The molecule has 1 aliphatic rings. The molecule has 1 aromatic heterocycles. The number of thiazole rings is 1. The van der Waals surface area contributed by atoms with Crippen LogP contribution in [-0.2, 0) is 0 Å². The molecule has 3 rings (SSSR count). The number of anilines is 1. The smallest absolute Gasteiger partial charge is 0.273 e. The molecule has 0 bridgehead atoms. The van der Waals surface area contributed by atoms with Crippen molar-refractivity contribution in [3.05, 3.63) is 40.8 Å². The first-order valence-electron chi connectivity index (χ1n) is 6.84. The standard InChI is InChI=1S/C15H17N3O2S/c1-20-13-4-2-12(3-5-13)17-6-8-18(9-7-17)15(19)14-10-21-11-16-14/h2-5,10-11H,6-9H2,1H3. The summed E-state index contributed by atoms with van der Waals surface area (Å²) >= 11 is 1.45. The number of nitrogens with zero attached hydrogens (tertiary/aromatic N) is 3. The van der Waals surface area contributed by atoms with E-state index in [1.54, 1.807) is 18.0 Å². The predicted molar refractivity (Wildman–Crippen MR) is 83.2 cm³/mol. The van der Waals surface area contributed by atoms with Gasteiger partial charge in [0, 0.05) is 37.2 Å². The molecule has 1 amide bonds. The van der Waals surface area contributed by atoms with E-state index in [9.17, 15) is 4.79 Å². The minimum atomic E-state index is 0.0330. The number of benzene rings is 1. The second-order valence-corrected chi connectivity index (χ2v) is 5.57. The van der Waals surface area contributed by atoms with Gasteiger partial charge in [-0.15, -0.1) is 11.3 Å². The average Bonchev–Trinajstić information content (AvgIpc) is 3.09. The maximum absolute atomic E-state index is 12.2. The Balaban J connectivity index is 1.60. The number of carbonyl (C=O) groups is 1. The number of carbonyl (C=O) groups excluding carboxylic acids is 1. The molecular weight excluding hydrogens is 286 g/mol. The number of piperazine rings is 1. The second-order valence-electron chi connectivity index (χ2n) is 4.85. The van der Waals surface area contributed by atoms with Crippen LogP contribution in [-0.4, -0.2) is 49.1 Å². The number of methoxy groups -OCH3 is 1. The monoisotopic (exact) mass is 303 g/mol. The van der Waals surface area contributed by atoms with Gasteiger partial charge in [0.1, 0.15) is 11.4 Å². The maximum atomic E-state index is 12.2. The number of ether oxygens (including phenoxy) is 1. The third kappa shape index (κ3) is 3.00. The van der Waals surface area contributed by atoms with Crippen molar-refractivity contribution in [3.8, 4) is 5.75 Å². The summed E-state index contributed by atoms with van der Waals surface area (Å²) < 4.78 is 5.17. The number of hydrogen-bond donors (Lipinski definition) is 0. The molecule has 0 saturated carbocycles. The molecule has 1 aromatic carbocycles. The van der Waals surface area contributed by atoms with Crippen LogP contribution in [0.3, 0.4) is 0 Å². The predicted octanol–water partition coefficient (Wildman–Crippen LogP) is 2.11. The fraction of sp³-hybridized carbons (Fsp3) is 0.333. The molecule has 0 N–H and O–H groups in total. The highest BCUT2D eigenvalue weighted by atomic mass is 32.1. The first-order valence-corrected chi connectivity index (χ1v) is 7.78. The van der Waals surface area contributed by atoms with E-state index in [1.165, 1.54) is 11.3 Å². The molecular formula is C15H17N3O2S. The number of aromatic nitrogens is 1. The van der Waals surface area contributed by atoms with E-state index in [0.29, 0.717) is 5.69 Å². The third-order valence-corrected chi connectivity index (χ3v) is 4.24. The summed E-state index contributed by atoms with van der Waals surface area (Å²) in [4.78, 5) is 20.5. The molecule has 1 saturated heterocycles. The SMILES string of the molecule is COc1ccc(N2CCN(C(=O)c3cscn3)CC2)cc1. The zero-order chi connectivity index (χ0) is 14.7. The van der Waals surface area contributed by atoms with E-state index in [4.69, 9.17) is 4.74 Å². The van der Waals surface area contributed by atoms with Crippen molar-refractivity contribution in [1.82, 2.24) is 9.88 Å². The quantitative estimate of drug-likeness (QED) is 0.871. The van der Waals surface area contributed by atoms with Crippen LogP contribution < -0.4 is 9.64 Å². The van der Waals surface area contributed by atoms with Crippen LogP contribution in [0.25, 0.3) is 0 Å². The van der Waals surface area contributed by atoms with Crippen molar-refractivity contribution in [2.24, 2.45) is 0 Å². The van der Waals surface area contributed by atoms with E-state index < -0.39 is 0 Å². The molecule has 6 heteroatoms. The molecule has 110 valence electrons. The van der Waals surface area contributed by atoms with Crippen LogP contribution in [0.5, 0.6) is 5.75 Å². The summed E-state index contributed by atoms with van der Waals surface area (Å²) in [6, 6.07) is 8.03. The molecule has 0 unspecified atom stereocenters. The van der Waals surface area contributed by atoms with E-state index in [-0.39, 0.29) is 5.91 Å². The van der Waals surface area contributed by atoms with Gasteiger partial charge < -0.3 is 14.5 Å². The van der Waals surface area contributed by atoms with Crippen molar-refractivity contribution in [2.75, 3.05) is 38.2 Å². The summed E-state index contributed by atoms with van der Waals surface area (Å²) in [5.41, 5.74) is 3.41. The van der Waals surface area contributed by atoms with E-state index in [1.807, 2.05) is 17.0 Å². The van der Waals surface area contributed by atoms with E-state index >= 15 is 0 Å². The summed E-state index contributed by atoms with van der Waals surface area (Å²) in [5.74, 6) is 0.890. The molecule has 2 aromatic rings. The Morgan fingerprint density at radius 1 is 1.19 bits per heavy atom. The van der Waals surface area contributed by atoms with Crippen LogP contribution in [0.4, 0.5) is 5.69 Å². The molecule has 2 heterocycles. The Bertz CT molecular complexity index is 590. The molecule has 5 nitrogen and oxygen atoms in total. The molecule has 1 aliphatic heterocycles. The van der Waals surface area contributed by atoms with Crippen molar-refractivity contribution in [2.45, 2.75) is 0 Å². The lowest BCUT2D eigenvalue weighted by Crippen LogP contribution is -2.48. The Kier molecular flexibility index (Phi) is 4.06. The highest BCUT2D eigenvalue weighted by Gasteiger charge is 2.23. The van der Waals surface area contributed by atoms with Crippen LogP contribution in [0, 0.1) is 0 Å². The van der Waals surface area contributed by atoms with Gasteiger partial charge in [-0.3, -0.25) is 4.79 Å². The van der Waals surface area contributed by atoms with Gasteiger partial charge in [0.15, 0.2) is 0 Å². The minimum absolute atomic E-state index is 0.0330. The fourth-order valence-electron chi connectivity index (χ4n) is 2.44. The Morgan fingerprint density at radius 2 is 1.90 bits per heavy atom. The number of rotatable bonds is 3. The molecule has 0 radical (unpaired) electrons. The summed E-state index contributed by atoms with van der Waals surface area (Å²) in [5, 5.41) is 1.80. The van der Waals surface area contributed by atoms with Gasteiger partial charge in [-0.05, 0) is 24.3 Å². The Hall–Kier alpha value is -2.08. The summed E-state index contributed by atoms with van der Waals surface area (Å²) in [7, 11) is 1.66. The third-order valence-electron chi connectivity index (χ3n) is 3.66. The van der Waals surface area contributed by atoms with Crippen molar-refractivity contribution >= 4 is 22.9 Å². The average molecular weight is 303 g/mol. The van der Waals surface area contributed by atoms with Gasteiger partial charge in [-0.1, -0.05) is 0 Å². The molecule has 0 spiro atoms. The van der Waals surface area contributed by atoms with Gasteiger partial charge in [0.05, 0.1) is 12.6 Å². The Labute approximate surface area is 127 Å². The fourth-order valence-corrected chi connectivity index (χ4v) is 2.97. The highest BCUT2D eigenvalue weighted by Crippen LogP contribution is 2.21. The summed E-state index contributed by atoms with van der Waals surface area (Å²) in [6.07, 6.45) is 0. The van der Waals surface area contributed by atoms with Crippen LogP contribution in [0.2, 0.25) is 0 Å². The molecule has 1 fully saturated rings. The first-order chi connectivity index (χ1) is 10.3. The maximum Gasteiger partial charge on any atom is 0.273 e. The summed E-state index contributed by atoms with van der Waals surface area (Å²) in [6.45, 7) is 3.12. The lowest BCUT2D eigenvalue weighted by Gasteiger charge is -2.35. The molecule has 0 atom stereocenters. The first kappa shape index (κ1) is 13.9. The van der Waals surface area contributed by atoms with Crippen LogP contribution in [0.15, 0.2) is 35.2 Å². The Morgan fingerprint density at radius 3 is 2.48 bits per heavy atom. The topological polar surface area (TPSA) is 45.7 Å². The van der Waals surface area contributed by atoms with Crippen molar-refractivity contribution in [3.63, 3.8) is 0 Å².